The van der Waals surface area contributed by atoms with E-state index < -0.39 is 12.0 Å². The van der Waals surface area contributed by atoms with Crippen LogP contribution in [-0.2, 0) is 9.53 Å². The van der Waals surface area contributed by atoms with E-state index in [2.05, 4.69) is 6.07 Å². The molecule has 2 atom stereocenters. The second-order valence-corrected chi connectivity index (χ2v) is 4.58. The molecule has 0 aromatic heterocycles. The van der Waals surface area contributed by atoms with Gasteiger partial charge in [0.25, 0.3) is 0 Å². The van der Waals surface area contributed by atoms with Gasteiger partial charge in [-0.1, -0.05) is 6.07 Å². The fourth-order valence-electron chi connectivity index (χ4n) is 2.38. The van der Waals surface area contributed by atoms with Crippen LogP contribution >= 0.6 is 0 Å². The molecule has 5 heteroatoms. The number of hydrogen-bond acceptors (Lipinski definition) is 5. The monoisotopic (exact) mass is 259 g/mol. The number of hydrogen-bond donors (Lipinski definition) is 0. The lowest BCUT2D eigenvalue weighted by molar-refractivity contribution is -0.128. The highest BCUT2D eigenvalue weighted by atomic mass is 16.7. The van der Waals surface area contributed by atoms with Crippen molar-refractivity contribution in [3.05, 3.63) is 23.8 Å². The maximum Gasteiger partial charge on any atom is 0.231 e. The number of rotatable bonds is 3. The van der Waals surface area contributed by atoms with Crippen LogP contribution in [0.4, 0.5) is 0 Å². The van der Waals surface area contributed by atoms with Crippen LogP contribution in [0, 0.1) is 11.3 Å². The smallest absolute Gasteiger partial charge is 0.231 e. The third-order valence-electron chi connectivity index (χ3n) is 3.39. The minimum absolute atomic E-state index is 0.168. The van der Waals surface area contributed by atoms with Gasteiger partial charge >= 0.3 is 0 Å². The molecule has 0 amide bonds. The summed E-state index contributed by atoms with van der Waals surface area (Å²) >= 11 is 0. The van der Waals surface area contributed by atoms with Crippen LogP contribution in [-0.4, -0.2) is 25.3 Å². The van der Waals surface area contributed by atoms with E-state index >= 15 is 0 Å². The summed E-state index contributed by atoms with van der Waals surface area (Å²) in [6, 6.07) is 7.22. The molecule has 0 spiro atoms. The summed E-state index contributed by atoms with van der Waals surface area (Å²) in [6.07, 6.45) is 1.12. The van der Waals surface area contributed by atoms with Gasteiger partial charge in [-0.15, -0.1) is 0 Å². The van der Waals surface area contributed by atoms with Gasteiger partial charge in [0.1, 0.15) is 12.0 Å². The molecular formula is C14H13NO4. The van der Waals surface area contributed by atoms with Crippen molar-refractivity contribution in [2.24, 2.45) is 0 Å². The van der Waals surface area contributed by atoms with E-state index in [1.54, 1.807) is 18.2 Å². The lowest BCUT2D eigenvalue weighted by Crippen LogP contribution is -2.25. The Bertz CT molecular complexity index is 543. The topological polar surface area (TPSA) is 68.6 Å². The molecule has 1 fully saturated rings. The molecule has 0 N–H and O–H groups in total. The average molecular weight is 259 g/mol. The Labute approximate surface area is 110 Å². The lowest BCUT2D eigenvalue weighted by Gasteiger charge is -2.13. The predicted molar refractivity (Wildman–Crippen MR) is 64.9 cm³/mol. The number of nitriles is 1. The minimum atomic E-state index is -0.808. The molecule has 1 aromatic carbocycles. The number of carbonyl (C=O) groups is 1. The molecule has 0 aliphatic carbocycles. The van der Waals surface area contributed by atoms with Crippen molar-refractivity contribution in [3.63, 3.8) is 0 Å². The number of ether oxygens (including phenoxy) is 3. The number of benzene rings is 1. The van der Waals surface area contributed by atoms with Crippen LogP contribution < -0.4 is 9.47 Å². The van der Waals surface area contributed by atoms with Crippen molar-refractivity contribution in [3.8, 4) is 17.6 Å². The van der Waals surface area contributed by atoms with Crippen molar-refractivity contribution in [2.75, 3.05) is 13.4 Å². The number of Topliss-reactive ketones (excluding diaryl/α,β-unsaturated/α-hetero) is 1. The molecule has 2 aliphatic rings. The molecule has 0 radical (unpaired) electrons. The van der Waals surface area contributed by atoms with Crippen molar-refractivity contribution in [2.45, 2.75) is 24.9 Å². The minimum Gasteiger partial charge on any atom is -0.454 e. The fraction of sp³-hybridized carbons (Fsp3) is 0.429. The Balaban J connectivity index is 1.86. The number of carbonyl (C=O) groups excluding carboxylic acids is 1. The standard InChI is InChI=1S/C14H13NO4/c15-7-10(14(16)12-2-1-5-17-12)9-3-4-11-13(6-9)19-8-18-11/h3-4,6,10,12H,1-2,5,8H2. The Morgan fingerprint density at radius 1 is 1.37 bits per heavy atom. The third-order valence-corrected chi connectivity index (χ3v) is 3.39. The molecule has 2 heterocycles. The Morgan fingerprint density at radius 2 is 2.21 bits per heavy atom. The Morgan fingerprint density at radius 3 is 2.95 bits per heavy atom. The van der Waals surface area contributed by atoms with Crippen LogP contribution in [0.2, 0.25) is 0 Å². The molecule has 2 unspecified atom stereocenters. The largest absolute Gasteiger partial charge is 0.454 e. The Kier molecular flexibility index (Phi) is 3.10. The van der Waals surface area contributed by atoms with Crippen LogP contribution in [0.15, 0.2) is 18.2 Å². The molecule has 3 rings (SSSR count). The van der Waals surface area contributed by atoms with E-state index in [-0.39, 0.29) is 12.6 Å². The molecule has 2 aliphatic heterocycles. The molecule has 5 nitrogen and oxygen atoms in total. The van der Waals surface area contributed by atoms with Crippen molar-refractivity contribution >= 4 is 5.78 Å². The number of nitrogens with zero attached hydrogens (tertiary/aromatic N) is 1. The first-order chi connectivity index (χ1) is 9.29. The van der Waals surface area contributed by atoms with E-state index in [9.17, 15) is 10.1 Å². The van der Waals surface area contributed by atoms with Crippen molar-refractivity contribution in [1.29, 1.82) is 5.26 Å². The number of ketones is 1. The van der Waals surface area contributed by atoms with Crippen molar-refractivity contribution < 1.29 is 19.0 Å². The summed E-state index contributed by atoms with van der Waals surface area (Å²) in [5.41, 5.74) is 0.632. The lowest BCUT2D eigenvalue weighted by atomic mass is 9.92. The molecule has 98 valence electrons. The zero-order valence-corrected chi connectivity index (χ0v) is 10.3. The second-order valence-electron chi connectivity index (χ2n) is 4.58. The molecule has 0 saturated carbocycles. The quantitative estimate of drug-likeness (QED) is 0.827. The average Bonchev–Trinajstić information content (AvgIpc) is 3.10. The highest BCUT2D eigenvalue weighted by Crippen LogP contribution is 2.35. The third kappa shape index (κ3) is 2.15. The van der Waals surface area contributed by atoms with Gasteiger partial charge < -0.3 is 14.2 Å². The van der Waals surface area contributed by atoms with Crippen LogP contribution in [0.25, 0.3) is 0 Å². The maximum atomic E-state index is 12.3. The molecule has 1 aromatic rings. The summed E-state index contributed by atoms with van der Waals surface area (Å²) < 4.78 is 15.8. The second kappa shape index (κ2) is 4.90. The van der Waals surface area contributed by atoms with E-state index in [4.69, 9.17) is 14.2 Å². The zero-order chi connectivity index (χ0) is 13.2. The van der Waals surface area contributed by atoms with Crippen LogP contribution in [0.1, 0.15) is 24.3 Å². The molecule has 1 saturated heterocycles. The van der Waals surface area contributed by atoms with Gasteiger partial charge in [-0.3, -0.25) is 4.79 Å². The Hall–Kier alpha value is -2.06. The molecular weight excluding hydrogens is 246 g/mol. The van der Waals surface area contributed by atoms with E-state index in [0.29, 0.717) is 30.1 Å². The SMILES string of the molecule is N#CC(C(=O)C1CCCO1)c1ccc2c(c1)OCO2. The van der Waals surface area contributed by atoms with Crippen LogP contribution in [0.5, 0.6) is 11.5 Å². The molecule has 0 bridgehead atoms. The van der Waals surface area contributed by atoms with E-state index in [0.717, 1.165) is 6.42 Å². The fourth-order valence-corrected chi connectivity index (χ4v) is 2.38. The maximum absolute atomic E-state index is 12.3. The van der Waals surface area contributed by atoms with E-state index in [1.165, 1.54) is 0 Å². The highest BCUT2D eigenvalue weighted by Gasteiger charge is 2.32. The highest BCUT2D eigenvalue weighted by molar-refractivity contribution is 5.92. The predicted octanol–water partition coefficient (Wildman–Crippen LogP) is 1.77. The van der Waals surface area contributed by atoms with Crippen molar-refractivity contribution in [1.82, 2.24) is 0 Å². The van der Waals surface area contributed by atoms with Gasteiger partial charge in [-0.2, -0.15) is 5.26 Å². The van der Waals surface area contributed by atoms with Gasteiger partial charge in [-0.25, -0.2) is 0 Å². The summed E-state index contributed by atoms with van der Waals surface area (Å²) in [6.45, 7) is 0.769. The first-order valence-electron chi connectivity index (χ1n) is 6.24. The van der Waals surface area contributed by atoms with Gasteiger partial charge in [0, 0.05) is 6.61 Å². The normalized spacial score (nSPS) is 21.9. The van der Waals surface area contributed by atoms with Crippen LogP contribution in [0.3, 0.4) is 0 Å². The first-order valence-corrected chi connectivity index (χ1v) is 6.24. The van der Waals surface area contributed by atoms with Gasteiger partial charge in [0.15, 0.2) is 17.3 Å². The van der Waals surface area contributed by atoms with Gasteiger partial charge in [0.2, 0.25) is 6.79 Å². The first kappa shape index (κ1) is 12.0. The molecule has 19 heavy (non-hydrogen) atoms. The van der Waals surface area contributed by atoms with Gasteiger partial charge in [0.05, 0.1) is 6.07 Å². The van der Waals surface area contributed by atoms with E-state index in [1.807, 2.05) is 0 Å². The summed E-state index contributed by atoms with van der Waals surface area (Å²) in [7, 11) is 0. The number of fused-ring (bicyclic) bond motifs is 1. The van der Waals surface area contributed by atoms with Gasteiger partial charge in [-0.05, 0) is 30.5 Å². The zero-order valence-electron chi connectivity index (χ0n) is 10.3. The summed E-state index contributed by atoms with van der Waals surface area (Å²) in [5, 5.41) is 9.26. The summed E-state index contributed by atoms with van der Waals surface area (Å²) in [4.78, 5) is 12.3. The summed E-state index contributed by atoms with van der Waals surface area (Å²) in [5.74, 6) is 0.249.